The summed E-state index contributed by atoms with van der Waals surface area (Å²) in [6.07, 6.45) is 0.101. The molecule has 0 aliphatic rings. The molecule has 0 fully saturated rings. The number of nitrogens with one attached hydrogen (secondary N) is 1. The summed E-state index contributed by atoms with van der Waals surface area (Å²) in [7, 11) is 0. The maximum absolute atomic E-state index is 13.5. The molecule has 110 valence electrons. The van der Waals surface area contributed by atoms with Gasteiger partial charge in [-0.05, 0) is 30.3 Å². The quantitative estimate of drug-likeness (QED) is 0.808. The van der Waals surface area contributed by atoms with Crippen molar-refractivity contribution in [2.24, 2.45) is 0 Å². The number of carbonyl (C=O) groups is 1. The van der Waals surface area contributed by atoms with Crippen LogP contribution in [0, 0.1) is 5.82 Å². The van der Waals surface area contributed by atoms with E-state index in [-0.39, 0.29) is 24.7 Å². The lowest BCUT2D eigenvalue weighted by Gasteiger charge is -2.09. The summed E-state index contributed by atoms with van der Waals surface area (Å²) < 4.78 is 19.4. The first-order chi connectivity index (χ1) is 10.1. The van der Waals surface area contributed by atoms with Crippen molar-refractivity contribution in [3.05, 3.63) is 52.8 Å². The second-order valence-corrected chi connectivity index (χ2v) is 5.22. The van der Waals surface area contributed by atoms with Gasteiger partial charge in [-0.15, -0.1) is 0 Å². The van der Waals surface area contributed by atoms with Gasteiger partial charge in [0.1, 0.15) is 0 Å². The van der Waals surface area contributed by atoms with Crippen molar-refractivity contribution in [3.63, 3.8) is 0 Å². The van der Waals surface area contributed by atoms with Gasteiger partial charge in [-0.1, -0.05) is 28.1 Å². The highest BCUT2D eigenvalue weighted by Gasteiger charge is 2.07. The zero-order chi connectivity index (χ0) is 15.2. The van der Waals surface area contributed by atoms with Crippen LogP contribution >= 0.6 is 15.9 Å². The predicted molar refractivity (Wildman–Crippen MR) is 83.7 cm³/mol. The normalized spacial score (nSPS) is 10.2. The van der Waals surface area contributed by atoms with Crippen molar-refractivity contribution in [2.45, 2.75) is 6.42 Å². The molecule has 21 heavy (non-hydrogen) atoms. The molecule has 2 aromatic carbocycles. The SMILES string of the molecule is Nc1ccccc1NC(=O)CCOc1ccc(Br)cc1F. The summed E-state index contributed by atoms with van der Waals surface area (Å²) in [6, 6.07) is 11.5. The third-order valence-electron chi connectivity index (χ3n) is 2.72. The molecule has 0 spiro atoms. The van der Waals surface area contributed by atoms with Crippen LogP contribution < -0.4 is 15.8 Å². The highest BCUT2D eigenvalue weighted by Crippen LogP contribution is 2.21. The van der Waals surface area contributed by atoms with Crippen LogP contribution in [0.5, 0.6) is 5.75 Å². The predicted octanol–water partition coefficient (Wildman–Crippen LogP) is 3.58. The molecule has 0 aromatic heterocycles. The van der Waals surface area contributed by atoms with E-state index < -0.39 is 5.82 Å². The lowest BCUT2D eigenvalue weighted by molar-refractivity contribution is -0.116. The summed E-state index contributed by atoms with van der Waals surface area (Å²) >= 11 is 3.16. The van der Waals surface area contributed by atoms with E-state index >= 15 is 0 Å². The Kier molecular flexibility index (Phi) is 5.16. The topological polar surface area (TPSA) is 64.3 Å². The van der Waals surface area contributed by atoms with Gasteiger partial charge in [-0.25, -0.2) is 4.39 Å². The summed E-state index contributed by atoms with van der Waals surface area (Å²) in [6.45, 7) is 0.0805. The number of hydrogen-bond acceptors (Lipinski definition) is 3. The average molecular weight is 353 g/mol. The van der Waals surface area contributed by atoms with Gasteiger partial charge in [0.2, 0.25) is 5.91 Å². The lowest BCUT2D eigenvalue weighted by atomic mass is 10.2. The van der Waals surface area contributed by atoms with E-state index in [2.05, 4.69) is 21.2 Å². The monoisotopic (exact) mass is 352 g/mol. The number of ether oxygens (including phenoxy) is 1. The van der Waals surface area contributed by atoms with Crippen LogP contribution in [0.1, 0.15) is 6.42 Å². The number of para-hydroxylation sites is 2. The number of halogens is 2. The summed E-state index contributed by atoms with van der Waals surface area (Å²) in [5.74, 6) is -0.604. The Hall–Kier alpha value is -2.08. The maximum Gasteiger partial charge on any atom is 0.227 e. The van der Waals surface area contributed by atoms with Crippen LogP contribution in [0.15, 0.2) is 46.9 Å². The van der Waals surface area contributed by atoms with Crippen molar-refractivity contribution < 1.29 is 13.9 Å². The molecule has 0 saturated carbocycles. The van der Waals surface area contributed by atoms with E-state index in [4.69, 9.17) is 10.5 Å². The Morgan fingerprint density at radius 3 is 2.76 bits per heavy atom. The van der Waals surface area contributed by atoms with E-state index in [9.17, 15) is 9.18 Å². The van der Waals surface area contributed by atoms with Crippen molar-refractivity contribution in [1.82, 2.24) is 0 Å². The minimum absolute atomic E-state index is 0.0805. The molecular formula is C15H14BrFN2O2. The minimum Gasteiger partial charge on any atom is -0.490 e. The number of amides is 1. The Morgan fingerprint density at radius 1 is 1.29 bits per heavy atom. The number of rotatable bonds is 5. The Morgan fingerprint density at radius 2 is 2.05 bits per heavy atom. The van der Waals surface area contributed by atoms with E-state index in [0.29, 0.717) is 15.8 Å². The van der Waals surface area contributed by atoms with E-state index in [0.717, 1.165) is 0 Å². The van der Waals surface area contributed by atoms with Gasteiger partial charge >= 0.3 is 0 Å². The van der Waals surface area contributed by atoms with Crippen molar-refractivity contribution in [1.29, 1.82) is 0 Å². The highest BCUT2D eigenvalue weighted by molar-refractivity contribution is 9.10. The van der Waals surface area contributed by atoms with Crippen LogP contribution in [0.3, 0.4) is 0 Å². The molecule has 1 amide bonds. The number of nitrogen functional groups attached to an aromatic ring is 1. The number of nitrogens with two attached hydrogens (primary N) is 1. The van der Waals surface area contributed by atoms with Crippen LogP contribution in [-0.2, 0) is 4.79 Å². The summed E-state index contributed by atoms with van der Waals surface area (Å²) in [5, 5.41) is 2.68. The minimum atomic E-state index is -0.475. The van der Waals surface area contributed by atoms with Gasteiger partial charge in [0.05, 0.1) is 24.4 Å². The molecule has 0 radical (unpaired) electrons. The summed E-state index contributed by atoms with van der Waals surface area (Å²) in [5.41, 5.74) is 6.77. The number of benzene rings is 2. The third-order valence-corrected chi connectivity index (χ3v) is 3.21. The van der Waals surface area contributed by atoms with Crippen LogP contribution in [0.2, 0.25) is 0 Å². The first kappa shape index (κ1) is 15.3. The van der Waals surface area contributed by atoms with Crippen molar-refractivity contribution in [2.75, 3.05) is 17.7 Å². The van der Waals surface area contributed by atoms with Crippen LogP contribution in [-0.4, -0.2) is 12.5 Å². The fourth-order valence-electron chi connectivity index (χ4n) is 1.67. The molecular weight excluding hydrogens is 339 g/mol. The van der Waals surface area contributed by atoms with E-state index in [1.807, 2.05) is 0 Å². The third kappa shape index (κ3) is 4.46. The zero-order valence-electron chi connectivity index (χ0n) is 11.1. The Balaban J connectivity index is 1.83. The van der Waals surface area contributed by atoms with Crippen molar-refractivity contribution in [3.8, 4) is 5.75 Å². The maximum atomic E-state index is 13.5. The fourth-order valence-corrected chi connectivity index (χ4v) is 2.00. The molecule has 3 N–H and O–H groups in total. The number of anilines is 2. The molecule has 2 aromatic rings. The second kappa shape index (κ2) is 7.08. The molecule has 0 heterocycles. The molecule has 0 aliphatic carbocycles. The molecule has 0 saturated heterocycles. The first-order valence-electron chi connectivity index (χ1n) is 6.28. The standard InChI is InChI=1S/C15H14BrFN2O2/c16-10-5-6-14(11(17)9-10)21-8-7-15(20)19-13-4-2-1-3-12(13)18/h1-6,9H,7-8,18H2,(H,19,20). The molecule has 0 aliphatic heterocycles. The number of hydrogen-bond donors (Lipinski definition) is 2. The largest absolute Gasteiger partial charge is 0.490 e. The fraction of sp³-hybridized carbons (Fsp3) is 0.133. The molecule has 6 heteroatoms. The van der Waals surface area contributed by atoms with Crippen LogP contribution in [0.4, 0.5) is 15.8 Å². The highest BCUT2D eigenvalue weighted by atomic mass is 79.9. The number of carbonyl (C=O) groups excluding carboxylic acids is 1. The van der Waals surface area contributed by atoms with Gasteiger partial charge in [0.15, 0.2) is 11.6 Å². The van der Waals surface area contributed by atoms with Crippen LogP contribution in [0.25, 0.3) is 0 Å². The molecule has 2 rings (SSSR count). The van der Waals surface area contributed by atoms with Gasteiger partial charge < -0.3 is 15.8 Å². The second-order valence-electron chi connectivity index (χ2n) is 4.31. The van der Waals surface area contributed by atoms with Gasteiger partial charge in [-0.2, -0.15) is 0 Å². The van der Waals surface area contributed by atoms with Crippen molar-refractivity contribution >= 4 is 33.2 Å². The van der Waals surface area contributed by atoms with Gasteiger partial charge in [0.25, 0.3) is 0 Å². The van der Waals surface area contributed by atoms with Gasteiger partial charge in [0, 0.05) is 4.47 Å². The Labute approximate surface area is 130 Å². The smallest absolute Gasteiger partial charge is 0.227 e. The lowest BCUT2D eigenvalue weighted by Crippen LogP contribution is -2.16. The zero-order valence-corrected chi connectivity index (χ0v) is 12.7. The molecule has 0 unspecified atom stereocenters. The molecule has 4 nitrogen and oxygen atoms in total. The van der Waals surface area contributed by atoms with E-state index in [1.165, 1.54) is 12.1 Å². The molecule has 0 bridgehead atoms. The Bertz CT molecular complexity index is 649. The average Bonchev–Trinajstić information content (AvgIpc) is 2.44. The first-order valence-corrected chi connectivity index (χ1v) is 7.08. The van der Waals surface area contributed by atoms with E-state index in [1.54, 1.807) is 30.3 Å². The molecule has 0 atom stereocenters. The summed E-state index contributed by atoms with van der Waals surface area (Å²) in [4.78, 5) is 11.7. The van der Waals surface area contributed by atoms with Gasteiger partial charge in [-0.3, -0.25) is 4.79 Å².